The molecule has 0 aromatic heterocycles. The van der Waals surface area contributed by atoms with Crippen molar-refractivity contribution in [2.45, 2.75) is 19.9 Å². The zero-order chi connectivity index (χ0) is 16.2. The lowest BCUT2D eigenvalue weighted by molar-refractivity contribution is -0.130. The molecule has 6 heteroatoms. The summed E-state index contributed by atoms with van der Waals surface area (Å²) in [6.07, 6.45) is 2.17. The van der Waals surface area contributed by atoms with Crippen molar-refractivity contribution in [3.63, 3.8) is 0 Å². The zero-order valence-electron chi connectivity index (χ0n) is 13.9. The summed E-state index contributed by atoms with van der Waals surface area (Å²) >= 11 is 0. The van der Waals surface area contributed by atoms with Crippen molar-refractivity contribution < 1.29 is 4.79 Å². The first-order valence-corrected chi connectivity index (χ1v) is 7.58. The van der Waals surface area contributed by atoms with Gasteiger partial charge in [0.05, 0.1) is 6.54 Å². The smallest absolute Gasteiger partial charge is 0.224 e. The summed E-state index contributed by atoms with van der Waals surface area (Å²) in [5.74, 6) is 0.799. The summed E-state index contributed by atoms with van der Waals surface area (Å²) in [5, 5.41) is 6.24. The molecule has 0 heterocycles. The highest BCUT2D eigenvalue weighted by Crippen LogP contribution is 2.03. The number of nitrogens with zero attached hydrogens (tertiary/aromatic N) is 2. The molecule has 128 valence electrons. The molecule has 0 radical (unpaired) electrons. The predicted molar refractivity (Wildman–Crippen MR) is 107 cm³/mol. The van der Waals surface area contributed by atoms with Gasteiger partial charge in [-0.25, -0.2) is 0 Å². The van der Waals surface area contributed by atoms with Gasteiger partial charge in [0.2, 0.25) is 5.91 Å². The average molecular weight is 430 g/mol. The Morgan fingerprint density at radius 2 is 2.00 bits per heavy atom. The average Bonchev–Trinajstić information content (AvgIpc) is 2.53. The Balaban J connectivity index is 0.00000484. The van der Waals surface area contributed by atoms with Crippen LogP contribution in [0.15, 0.2) is 48.0 Å². The van der Waals surface area contributed by atoms with Crippen molar-refractivity contribution in [1.82, 2.24) is 15.5 Å². The molecule has 2 N–H and O–H groups in total. The highest BCUT2D eigenvalue weighted by molar-refractivity contribution is 14.0. The molecule has 0 saturated carbocycles. The fourth-order valence-corrected chi connectivity index (χ4v) is 1.91. The molecule has 0 fully saturated rings. The molecular weight excluding hydrogens is 403 g/mol. The number of carbonyl (C=O) groups excluding carboxylic acids is 1. The SMILES string of the molecule is C=CCNC(=NCCC(=O)N(C)Cc1ccccc1)NCC.I. The lowest BCUT2D eigenvalue weighted by Gasteiger charge is -2.17. The summed E-state index contributed by atoms with van der Waals surface area (Å²) in [6.45, 7) is 8.18. The van der Waals surface area contributed by atoms with Crippen molar-refractivity contribution in [3.8, 4) is 0 Å². The van der Waals surface area contributed by atoms with Gasteiger partial charge < -0.3 is 15.5 Å². The normalized spacial score (nSPS) is 10.4. The molecule has 0 atom stereocenters. The van der Waals surface area contributed by atoms with Crippen LogP contribution in [-0.2, 0) is 11.3 Å². The minimum atomic E-state index is 0. The molecule has 0 aliphatic heterocycles. The van der Waals surface area contributed by atoms with Gasteiger partial charge in [0.1, 0.15) is 0 Å². The van der Waals surface area contributed by atoms with E-state index in [1.165, 1.54) is 0 Å². The van der Waals surface area contributed by atoms with Gasteiger partial charge in [-0.3, -0.25) is 9.79 Å². The van der Waals surface area contributed by atoms with E-state index < -0.39 is 0 Å². The number of halogens is 1. The summed E-state index contributed by atoms with van der Waals surface area (Å²) in [4.78, 5) is 18.2. The van der Waals surface area contributed by atoms with Gasteiger partial charge in [-0.15, -0.1) is 30.6 Å². The first-order chi connectivity index (χ1) is 10.7. The molecule has 0 spiro atoms. The summed E-state index contributed by atoms with van der Waals surface area (Å²) in [7, 11) is 1.82. The molecule has 1 amide bonds. The first-order valence-electron chi connectivity index (χ1n) is 7.58. The molecule has 0 unspecified atom stereocenters. The van der Waals surface area contributed by atoms with E-state index in [0.29, 0.717) is 32.0 Å². The number of nitrogens with one attached hydrogen (secondary N) is 2. The second-order valence-electron chi connectivity index (χ2n) is 4.92. The molecular formula is C17H27IN4O. The van der Waals surface area contributed by atoms with Crippen molar-refractivity contribution >= 4 is 35.8 Å². The van der Waals surface area contributed by atoms with E-state index in [0.717, 1.165) is 12.1 Å². The number of benzene rings is 1. The van der Waals surface area contributed by atoms with Crippen LogP contribution in [0.3, 0.4) is 0 Å². The van der Waals surface area contributed by atoms with Crippen LogP contribution in [0.1, 0.15) is 18.9 Å². The van der Waals surface area contributed by atoms with Crippen molar-refractivity contribution in [2.75, 3.05) is 26.7 Å². The van der Waals surface area contributed by atoms with Crippen LogP contribution in [0.25, 0.3) is 0 Å². The van der Waals surface area contributed by atoms with Gasteiger partial charge in [0, 0.05) is 33.1 Å². The van der Waals surface area contributed by atoms with Crippen molar-refractivity contribution in [1.29, 1.82) is 0 Å². The van der Waals surface area contributed by atoms with Crippen LogP contribution in [0, 0.1) is 0 Å². The van der Waals surface area contributed by atoms with Gasteiger partial charge in [-0.1, -0.05) is 36.4 Å². The number of hydrogen-bond donors (Lipinski definition) is 2. The van der Waals surface area contributed by atoms with E-state index in [1.54, 1.807) is 11.0 Å². The Labute approximate surface area is 156 Å². The summed E-state index contributed by atoms with van der Waals surface area (Å²) < 4.78 is 0. The number of carbonyl (C=O) groups is 1. The fourth-order valence-electron chi connectivity index (χ4n) is 1.91. The van der Waals surface area contributed by atoms with E-state index in [9.17, 15) is 4.79 Å². The third kappa shape index (κ3) is 9.22. The van der Waals surface area contributed by atoms with E-state index >= 15 is 0 Å². The van der Waals surface area contributed by atoms with Crippen LogP contribution in [0.5, 0.6) is 0 Å². The van der Waals surface area contributed by atoms with E-state index in [1.807, 2.05) is 44.3 Å². The van der Waals surface area contributed by atoms with E-state index in [-0.39, 0.29) is 29.9 Å². The molecule has 1 rings (SSSR count). The van der Waals surface area contributed by atoms with Crippen LogP contribution in [-0.4, -0.2) is 43.4 Å². The van der Waals surface area contributed by atoms with E-state index in [4.69, 9.17) is 0 Å². The second kappa shape index (κ2) is 12.9. The van der Waals surface area contributed by atoms with Crippen LogP contribution < -0.4 is 10.6 Å². The van der Waals surface area contributed by atoms with Gasteiger partial charge in [0.25, 0.3) is 0 Å². The van der Waals surface area contributed by atoms with Crippen LogP contribution >= 0.6 is 24.0 Å². The lowest BCUT2D eigenvalue weighted by atomic mass is 10.2. The Morgan fingerprint density at radius 3 is 2.61 bits per heavy atom. The summed E-state index contributed by atoms with van der Waals surface area (Å²) in [5.41, 5.74) is 1.13. The number of guanidine groups is 1. The Kier molecular flexibility index (Phi) is 12.0. The molecule has 1 aromatic rings. The topological polar surface area (TPSA) is 56.7 Å². The number of aliphatic imine (C=N–C) groups is 1. The number of rotatable bonds is 8. The lowest BCUT2D eigenvalue weighted by Crippen LogP contribution is -2.37. The van der Waals surface area contributed by atoms with Gasteiger partial charge >= 0.3 is 0 Å². The fraction of sp³-hybridized carbons (Fsp3) is 0.412. The van der Waals surface area contributed by atoms with E-state index in [2.05, 4.69) is 22.2 Å². The minimum absolute atomic E-state index is 0. The Bertz CT molecular complexity index is 491. The maximum Gasteiger partial charge on any atom is 0.224 e. The zero-order valence-corrected chi connectivity index (χ0v) is 16.2. The molecule has 0 aliphatic carbocycles. The quantitative estimate of drug-likeness (QED) is 0.288. The maximum absolute atomic E-state index is 12.1. The van der Waals surface area contributed by atoms with Crippen LogP contribution in [0.4, 0.5) is 0 Å². The number of amides is 1. The Hall–Kier alpha value is -1.57. The Morgan fingerprint density at radius 1 is 1.30 bits per heavy atom. The molecule has 0 saturated heterocycles. The molecule has 0 bridgehead atoms. The van der Waals surface area contributed by atoms with Crippen molar-refractivity contribution in [2.24, 2.45) is 4.99 Å². The standard InChI is InChI=1S/C17H26N4O.HI/c1-4-12-19-17(18-5-2)20-13-11-16(22)21(3)14-15-9-7-6-8-10-15;/h4,6-10H,1,5,11-14H2,2-3H3,(H2,18,19,20);1H. The highest BCUT2D eigenvalue weighted by atomic mass is 127. The van der Waals surface area contributed by atoms with Gasteiger partial charge in [-0.2, -0.15) is 0 Å². The molecule has 23 heavy (non-hydrogen) atoms. The second-order valence-corrected chi connectivity index (χ2v) is 4.92. The van der Waals surface area contributed by atoms with Gasteiger partial charge in [0.15, 0.2) is 5.96 Å². The number of hydrogen-bond acceptors (Lipinski definition) is 2. The third-order valence-corrected chi connectivity index (χ3v) is 3.04. The minimum Gasteiger partial charge on any atom is -0.357 e. The molecule has 5 nitrogen and oxygen atoms in total. The third-order valence-electron chi connectivity index (χ3n) is 3.04. The molecule has 0 aliphatic rings. The maximum atomic E-state index is 12.1. The van der Waals surface area contributed by atoms with Crippen LogP contribution in [0.2, 0.25) is 0 Å². The first kappa shape index (κ1) is 21.4. The summed E-state index contributed by atoms with van der Waals surface area (Å²) in [6, 6.07) is 9.96. The molecule has 1 aromatic carbocycles. The largest absolute Gasteiger partial charge is 0.357 e. The highest BCUT2D eigenvalue weighted by Gasteiger charge is 2.08. The van der Waals surface area contributed by atoms with Crippen molar-refractivity contribution in [3.05, 3.63) is 48.6 Å². The monoisotopic (exact) mass is 430 g/mol. The predicted octanol–water partition coefficient (Wildman–Crippen LogP) is 2.39. The van der Waals surface area contributed by atoms with Gasteiger partial charge in [-0.05, 0) is 12.5 Å².